The molecule has 2 aromatic rings. The largest absolute Gasteiger partial charge is 0.313 e. The Morgan fingerprint density at radius 1 is 1.28 bits per heavy atom. The maximum atomic E-state index is 6.19. The SMILES string of the molecule is CNC(Cc1ccc(I)cc1)c1ccncc1Cl. The van der Waals surface area contributed by atoms with Crippen molar-refractivity contribution in [2.75, 3.05) is 7.05 Å². The van der Waals surface area contributed by atoms with Crippen molar-refractivity contribution in [1.29, 1.82) is 0 Å². The minimum atomic E-state index is 0.209. The molecule has 0 aliphatic rings. The molecule has 0 amide bonds. The number of nitrogens with zero attached hydrogens (tertiary/aromatic N) is 1. The summed E-state index contributed by atoms with van der Waals surface area (Å²) >= 11 is 8.50. The number of aromatic nitrogens is 1. The van der Waals surface area contributed by atoms with E-state index in [1.54, 1.807) is 12.4 Å². The van der Waals surface area contributed by atoms with E-state index in [-0.39, 0.29) is 6.04 Å². The molecule has 1 N–H and O–H groups in total. The summed E-state index contributed by atoms with van der Waals surface area (Å²) in [5.41, 5.74) is 2.38. The van der Waals surface area contributed by atoms with Crippen LogP contribution >= 0.6 is 34.2 Å². The number of likely N-dealkylation sites (N-methyl/N-ethyl adjacent to an activating group) is 1. The number of benzene rings is 1. The van der Waals surface area contributed by atoms with Crippen LogP contribution in [0.1, 0.15) is 17.2 Å². The quantitative estimate of drug-likeness (QED) is 0.825. The molecular formula is C14H14ClIN2. The second-order valence-corrected chi connectivity index (χ2v) is 5.72. The maximum absolute atomic E-state index is 6.19. The first-order valence-electron chi connectivity index (χ1n) is 5.72. The van der Waals surface area contributed by atoms with Crippen molar-refractivity contribution in [3.8, 4) is 0 Å². The highest BCUT2D eigenvalue weighted by Gasteiger charge is 2.13. The molecule has 0 fully saturated rings. The molecule has 0 radical (unpaired) electrons. The fourth-order valence-corrected chi connectivity index (χ4v) is 2.50. The number of nitrogens with one attached hydrogen (secondary N) is 1. The highest BCUT2D eigenvalue weighted by molar-refractivity contribution is 14.1. The van der Waals surface area contributed by atoms with E-state index in [0.29, 0.717) is 5.02 Å². The molecule has 2 nitrogen and oxygen atoms in total. The molecule has 94 valence electrons. The number of hydrogen-bond donors (Lipinski definition) is 1. The Hall–Kier alpha value is -0.650. The van der Waals surface area contributed by atoms with Gasteiger partial charge in [0.15, 0.2) is 0 Å². The van der Waals surface area contributed by atoms with Crippen LogP contribution in [0.4, 0.5) is 0 Å². The van der Waals surface area contributed by atoms with Gasteiger partial charge in [-0.1, -0.05) is 23.7 Å². The summed E-state index contributed by atoms with van der Waals surface area (Å²) in [6, 6.07) is 10.7. The fourth-order valence-electron chi connectivity index (χ4n) is 1.89. The summed E-state index contributed by atoms with van der Waals surface area (Å²) < 4.78 is 1.25. The van der Waals surface area contributed by atoms with Crippen LogP contribution in [-0.2, 0) is 6.42 Å². The first-order chi connectivity index (χ1) is 8.70. The predicted octanol–water partition coefficient (Wildman–Crippen LogP) is 3.84. The van der Waals surface area contributed by atoms with E-state index in [1.807, 2.05) is 13.1 Å². The van der Waals surface area contributed by atoms with E-state index in [4.69, 9.17) is 11.6 Å². The molecule has 0 saturated heterocycles. The lowest BCUT2D eigenvalue weighted by molar-refractivity contribution is 0.591. The summed E-state index contributed by atoms with van der Waals surface area (Å²) in [4.78, 5) is 4.02. The molecule has 0 aliphatic carbocycles. The highest BCUT2D eigenvalue weighted by Crippen LogP contribution is 2.24. The Balaban J connectivity index is 2.20. The normalized spacial score (nSPS) is 12.4. The standard InChI is InChI=1S/C14H14ClIN2/c1-17-14(12-6-7-18-9-13(12)15)8-10-2-4-11(16)5-3-10/h2-7,9,14,17H,8H2,1H3. The average Bonchev–Trinajstić information content (AvgIpc) is 2.39. The van der Waals surface area contributed by atoms with Crippen LogP contribution in [0.5, 0.6) is 0 Å². The Labute approximate surface area is 126 Å². The lowest BCUT2D eigenvalue weighted by Gasteiger charge is -2.17. The van der Waals surface area contributed by atoms with Gasteiger partial charge in [0.05, 0.1) is 5.02 Å². The summed E-state index contributed by atoms with van der Waals surface area (Å²) in [6.07, 6.45) is 4.38. The zero-order valence-electron chi connectivity index (χ0n) is 10.0. The number of halogens is 2. The van der Waals surface area contributed by atoms with E-state index in [0.717, 1.165) is 12.0 Å². The number of pyridine rings is 1. The van der Waals surface area contributed by atoms with Crippen LogP contribution < -0.4 is 5.32 Å². The van der Waals surface area contributed by atoms with Gasteiger partial charge in [-0.25, -0.2) is 0 Å². The van der Waals surface area contributed by atoms with Gasteiger partial charge in [0.1, 0.15) is 0 Å². The van der Waals surface area contributed by atoms with E-state index in [1.165, 1.54) is 9.13 Å². The Morgan fingerprint density at radius 3 is 2.61 bits per heavy atom. The van der Waals surface area contributed by atoms with Crippen molar-refractivity contribution in [2.45, 2.75) is 12.5 Å². The Kier molecular flexibility index (Phi) is 4.97. The van der Waals surface area contributed by atoms with Crippen molar-refractivity contribution in [3.63, 3.8) is 0 Å². The molecule has 2 rings (SSSR count). The van der Waals surface area contributed by atoms with Crippen molar-refractivity contribution >= 4 is 34.2 Å². The van der Waals surface area contributed by atoms with Crippen LogP contribution in [0.25, 0.3) is 0 Å². The third kappa shape index (κ3) is 3.43. The monoisotopic (exact) mass is 372 g/mol. The van der Waals surface area contributed by atoms with Crippen LogP contribution in [0.3, 0.4) is 0 Å². The van der Waals surface area contributed by atoms with Gasteiger partial charge in [0.25, 0.3) is 0 Å². The lowest BCUT2D eigenvalue weighted by Crippen LogP contribution is -2.19. The molecule has 0 bridgehead atoms. The maximum Gasteiger partial charge on any atom is 0.0637 e. The molecule has 1 heterocycles. The summed E-state index contributed by atoms with van der Waals surface area (Å²) in [6.45, 7) is 0. The molecule has 1 aromatic carbocycles. The molecule has 1 atom stereocenters. The topological polar surface area (TPSA) is 24.9 Å². The minimum Gasteiger partial charge on any atom is -0.313 e. The van der Waals surface area contributed by atoms with Crippen molar-refractivity contribution in [3.05, 3.63) is 62.4 Å². The van der Waals surface area contributed by atoms with Gasteiger partial charge in [-0.15, -0.1) is 0 Å². The second-order valence-electron chi connectivity index (χ2n) is 4.07. The van der Waals surface area contributed by atoms with Crippen molar-refractivity contribution in [2.24, 2.45) is 0 Å². The van der Waals surface area contributed by atoms with E-state index in [2.05, 4.69) is 57.2 Å². The molecule has 1 aromatic heterocycles. The van der Waals surface area contributed by atoms with Crippen LogP contribution in [0.2, 0.25) is 5.02 Å². The van der Waals surface area contributed by atoms with Gasteiger partial charge in [-0.2, -0.15) is 0 Å². The number of hydrogen-bond acceptors (Lipinski definition) is 2. The Morgan fingerprint density at radius 2 is 2.00 bits per heavy atom. The van der Waals surface area contributed by atoms with Gasteiger partial charge in [-0.05, 0) is 65.4 Å². The van der Waals surface area contributed by atoms with Crippen LogP contribution in [-0.4, -0.2) is 12.0 Å². The first kappa shape index (κ1) is 13.8. The summed E-state index contributed by atoms with van der Waals surface area (Å²) in [5.74, 6) is 0. The molecule has 4 heteroatoms. The molecular weight excluding hydrogens is 359 g/mol. The minimum absolute atomic E-state index is 0.209. The van der Waals surface area contributed by atoms with Gasteiger partial charge in [0.2, 0.25) is 0 Å². The number of rotatable bonds is 4. The van der Waals surface area contributed by atoms with Gasteiger partial charge >= 0.3 is 0 Å². The third-order valence-corrected chi connectivity index (χ3v) is 3.92. The zero-order chi connectivity index (χ0) is 13.0. The smallest absolute Gasteiger partial charge is 0.0637 e. The van der Waals surface area contributed by atoms with Crippen molar-refractivity contribution < 1.29 is 0 Å². The highest BCUT2D eigenvalue weighted by atomic mass is 127. The van der Waals surface area contributed by atoms with Crippen molar-refractivity contribution in [1.82, 2.24) is 10.3 Å². The first-order valence-corrected chi connectivity index (χ1v) is 7.17. The molecule has 1 unspecified atom stereocenters. The molecule has 0 spiro atoms. The molecule has 18 heavy (non-hydrogen) atoms. The third-order valence-electron chi connectivity index (χ3n) is 2.88. The molecule has 0 saturated carbocycles. The second kappa shape index (κ2) is 6.50. The average molecular weight is 373 g/mol. The molecule has 0 aliphatic heterocycles. The van der Waals surface area contributed by atoms with E-state index in [9.17, 15) is 0 Å². The van der Waals surface area contributed by atoms with Gasteiger partial charge in [0, 0.05) is 22.0 Å². The van der Waals surface area contributed by atoms with Gasteiger partial charge < -0.3 is 5.32 Å². The summed E-state index contributed by atoms with van der Waals surface area (Å²) in [7, 11) is 1.95. The predicted molar refractivity (Wildman–Crippen MR) is 83.9 cm³/mol. The zero-order valence-corrected chi connectivity index (χ0v) is 12.9. The van der Waals surface area contributed by atoms with E-state index >= 15 is 0 Å². The van der Waals surface area contributed by atoms with Gasteiger partial charge in [-0.3, -0.25) is 4.98 Å². The van der Waals surface area contributed by atoms with Crippen LogP contribution in [0.15, 0.2) is 42.7 Å². The summed E-state index contributed by atoms with van der Waals surface area (Å²) in [5, 5.41) is 4.02. The van der Waals surface area contributed by atoms with E-state index < -0.39 is 0 Å². The van der Waals surface area contributed by atoms with Crippen LogP contribution in [0, 0.1) is 3.57 Å². The fraction of sp³-hybridized carbons (Fsp3) is 0.214. The Bertz CT molecular complexity index is 513. The lowest BCUT2D eigenvalue weighted by atomic mass is 10.00.